The van der Waals surface area contributed by atoms with Crippen LogP contribution in [0.25, 0.3) is 5.69 Å². The van der Waals surface area contributed by atoms with Crippen LogP contribution < -0.4 is 0 Å². The second kappa shape index (κ2) is 5.48. The molecule has 0 bridgehead atoms. The summed E-state index contributed by atoms with van der Waals surface area (Å²) in [6, 6.07) is 15.5. The van der Waals surface area contributed by atoms with Crippen LogP contribution >= 0.6 is 11.6 Å². The smallest absolute Gasteiger partial charge is 0.168 e. The molecule has 0 saturated carbocycles. The highest BCUT2D eigenvalue weighted by Gasteiger charge is 2.21. The molecule has 112 valence electrons. The van der Waals surface area contributed by atoms with Crippen LogP contribution in [0.3, 0.4) is 0 Å². The van der Waals surface area contributed by atoms with Crippen molar-refractivity contribution < 1.29 is 4.79 Å². The lowest BCUT2D eigenvalue weighted by atomic mass is 10.0. The topological polar surface area (TPSA) is 47.2 Å². The van der Waals surface area contributed by atoms with Gasteiger partial charge in [-0.3, -0.25) is 14.4 Å². The number of halogens is 1. The molecule has 0 amide bonds. The van der Waals surface area contributed by atoms with Gasteiger partial charge in [-0.05, 0) is 18.2 Å². The molecule has 0 N–H and O–H groups in total. The summed E-state index contributed by atoms with van der Waals surface area (Å²) in [6.45, 7) is 0.407. The number of aldehydes is 1. The van der Waals surface area contributed by atoms with Crippen molar-refractivity contribution in [1.29, 1.82) is 0 Å². The van der Waals surface area contributed by atoms with Gasteiger partial charge in [0.05, 0.1) is 24.1 Å². The SMILES string of the molecule is O=Cc1cnc2n1-c1ccc(Cl)cc1C(c1ccccc1)=NC2. The average Bonchev–Trinajstić information content (AvgIpc) is 2.92. The molecule has 0 radical (unpaired) electrons. The van der Waals surface area contributed by atoms with Crippen molar-refractivity contribution in [2.45, 2.75) is 6.54 Å². The lowest BCUT2D eigenvalue weighted by Crippen LogP contribution is -2.08. The first kappa shape index (κ1) is 13.9. The highest BCUT2D eigenvalue weighted by Crippen LogP contribution is 2.28. The summed E-state index contributed by atoms with van der Waals surface area (Å²) in [6.07, 6.45) is 2.38. The Labute approximate surface area is 138 Å². The van der Waals surface area contributed by atoms with E-state index in [4.69, 9.17) is 16.6 Å². The summed E-state index contributed by atoms with van der Waals surface area (Å²) in [5.41, 5.74) is 4.13. The average molecular weight is 322 g/mol. The van der Waals surface area contributed by atoms with Gasteiger partial charge in [-0.2, -0.15) is 0 Å². The summed E-state index contributed by atoms with van der Waals surface area (Å²) in [4.78, 5) is 20.4. The molecule has 1 aliphatic rings. The minimum absolute atomic E-state index is 0.407. The number of hydrogen-bond donors (Lipinski definition) is 0. The van der Waals surface area contributed by atoms with Gasteiger partial charge in [0.1, 0.15) is 11.5 Å². The molecule has 5 heteroatoms. The molecule has 23 heavy (non-hydrogen) atoms. The molecule has 0 saturated heterocycles. The molecular formula is C18H12ClN3O. The van der Waals surface area contributed by atoms with Crippen LogP contribution in [0.15, 0.2) is 59.7 Å². The molecule has 0 spiro atoms. The fourth-order valence-corrected chi connectivity index (χ4v) is 3.02. The number of aromatic nitrogens is 2. The van der Waals surface area contributed by atoms with Gasteiger partial charge in [0, 0.05) is 16.1 Å². The predicted octanol–water partition coefficient (Wildman–Crippen LogP) is 3.69. The molecule has 0 fully saturated rings. The van der Waals surface area contributed by atoms with Crippen LogP contribution in [0.2, 0.25) is 5.02 Å². The second-order valence-electron chi connectivity index (χ2n) is 5.24. The standard InChI is InChI=1S/C18H12ClN3O/c19-13-6-7-16-15(8-13)18(12-4-2-1-3-5-12)21-10-17-20-9-14(11-23)22(16)17/h1-9,11H,10H2. The fraction of sp³-hybridized carbons (Fsp3) is 0.0556. The van der Waals surface area contributed by atoms with Crippen molar-refractivity contribution in [1.82, 2.24) is 9.55 Å². The molecule has 2 heterocycles. The van der Waals surface area contributed by atoms with E-state index in [1.165, 1.54) is 0 Å². The van der Waals surface area contributed by atoms with Crippen LogP contribution in [0.1, 0.15) is 27.4 Å². The van der Waals surface area contributed by atoms with Crippen LogP contribution in [0.4, 0.5) is 0 Å². The Kier molecular flexibility index (Phi) is 3.32. The minimum Gasteiger partial charge on any atom is -0.296 e. The number of hydrogen-bond acceptors (Lipinski definition) is 3. The number of benzene rings is 2. The first-order chi connectivity index (χ1) is 11.3. The van der Waals surface area contributed by atoms with Gasteiger partial charge in [-0.1, -0.05) is 41.9 Å². The van der Waals surface area contributed by atoms with Crippen LogP contribution in [-0.4, -0.2) is 21.5 Å². The number of carbonyl (C=O) groups excluding carboxylic acids is 1. The third-order valence-electron chi connectivity index (χ3n) is 3.86. The molecule has 4 nitrogen and oxygen atoms in total. The van der Waals surface area contributed by atoms with Gasteiger partial charge in [0.2, 0.25) is 0 Å². The highest BCUT2D eigenvalue weighted by atomic mass is 35.5. The van der Waals surface area contributed by atoms with Gasteiger partial charge in [0.15, 0.2) is 6.29 Å². The molecule has 0 aliphatic carbocycles. The van der Waals surface area contributed by atoms with E-state index in [-0.39, 0.29) is 0 Å². The Morgan fingerprint density at radius 2 is 1.96 bits per heavy atom. The maximum absolute atomic E-state index is 11.4. The molecule has 4 rings (SSSR count). The van der Waals surface area contributed by atoms with Gasteiger partial charge < -0.3 is 0 Å². The monoisotopic (exact) mass is 321 g/mol. The van der Waals surface area contributed by atoms with Crippen molar-refractivity contribution in [3.63, 3.8) is 0 Å². The van der Waals surface area contributed by atoms with Gasteiger partial charge in [-0.15, -0.1) is 0 Å². The molecule has 0 atom stereocenters. The number of aliphatic imine (C=N–C) groups is 1. The summed E-state index contributed by atoms with van der Waals surface area (Å²) in [5.74, 6) is 0.738. The Morgan fingerprint density at radius 1 is 1.13 bits per heavy atom. The first-order valence-corrected chi connectivity index (χ1v) is 7.57. The Morgan fingerprint density at radius 3 is 2.74 bits per heavy atom. The van der Waals surface area contributed by atoms with E-state index in [2.05, 4.69) is 4.98 Å². The molecule has 3 aromatic rings. The second-order valence-corrected chi connectivity index (χ2v) is 5.68. The Balaban J connectivity index is 2.02. The van der Waals surface area contributed by atoms with E-state index in [9.17, 15) is 4.79 Å². The van der Waals surface area contributed by atoms with E-state index >= 15 is 0 Å². The normalized spacial score (nSPS) is 12.8. The lowest BCUT2D eigenvalue weighted by Gasteiger charge is -2.13. The Bertz CT molecular complexity index is 929. The van der Waals surface area contributed by atoms with E-state index in [0.717, 1.165) is 34.6 Å². The van der Waals surface area contributed by atoms with Crippen LogP contribution in [0, 0.1) is 0 Å². The third-order valence-corrected chi connectivity index (χ3v) is 4.10. The maximum Gasteiger partial charge on any atom is 0.168 e. The zero-order valence-electron chi connectivity index (χ0n) is 12.1. The summed E-state index contributed by atoms with van der Waals surface area (Å²) < 4.78 is 1.85. The quantitative estimate of drug-likeness (QED) is 0.676. The van der Waals surface area contributed by atoms with Crippen molar-refractivity contribution in [3.8, 4) is 5.69 Å². The number of imidazole rings is 1. The van der Waals surface area contributed by atoms with Crippen molar-refractivity contribution in [2.75, 3.05) is 0 Å². The van der Waals surface area contributed by atoms with Crippen LogP contribution in [0.5, 0.6) is 0 Å². The van der Waals surface area contributed by atoms with Crippen molar-refractivity contribution >= 4 is 23.6 Å². The fourth-order valence-electron chi connectivity index (χ4n) is 2.85. The molecule has 1 aromatic heterocycles. The third kappa shape index (κ3) is 2.28. The molecule has 2 aromatic carbocycles. The number of fused-ring (bicyclic) bond motifs is 3. The van der Waals surface area contributed by atoms with E-state index in [0.29, 0.717) is 17.3 Å². The molecule has 0 unspecified atom stereocenters. The lowest BCUT2D eigenvalue weighted by molar-refractivity contribution is 0.111. The largest absolute Gasteiger partial charge is 0.296 e. The summed E-state index contributed by atoms with van der Waals surface area (Å²) in [7, 11) is 0. The molecule has 1 aliphatic heterocycles. The summed E-state index contributed by atoms with van der Waals surface area (Å²) in [5, 5.41) is 0.628. The van der Waals surface area contributed by atoms with E-state index in [1.54, 1.807) is 6.20 Å². The first-order valence-electron chi connectivity index (χ1n) is 7.20. The van der Waals surface area contributed by atoms with Gasteiger partial charge in [0.25, 0.3) is 0 Å². The highest BCUT2D eigenvalue weighted by molar-refractivity contribution is 6.31. The zero-order valence-corrected chi connectivity index (χ0v) is 12.9. The van der Waals surface area contributed by atoms with Gasteiger partial charge >= 0.3 is 0 Å². The van der Waals surface area contributed by atoms with Gasteiger partial charge in [-0.25, -0.2) is 4.98 Å². The van der Waals surface area contributed by atoms with E-state index in [1.807, 2.05) is 53.1 Å². The predicted molar refractivity (Wildman–Crippen MR) is 89.7 cm³/mol. The Hall–Kier alpha value is -2.72. The van der Waals surface area contributed by atoms with E-state index < -0.39 is 0 Å². The maximum atomic E-state index is 11.4. The minimum atomic E-state index is 0.407. The van der Waals surface area contributed by atoms with Crippen LogP contribution in [-0.2, 0) is 6.54 Å². The zero-order chi connectivity index (χ0) is 15.8. The number of carbonyl (C=O) groups is 1. The molecular weight excluding hydrogens is 310 g/mol. The van der Waals surface area contributed by atoms with Crippen molar-refractivity contribution in [3.05, 3.63) is 82.4 Å². The number of nitrogens with zero attached hydrogens (tertiary/aromatic N) is 3. The van der Waals surface area contributed by atoms with Crippen molar-refractivity contribution in [2.24, 2.45) is 4.99 Å². The number of rotatable bonds is 2. The summed E-state index contributed by atoms with van der Waals surface area (Å²) >= 11 is 6.21.